The SMILES string of the molecule is CCC(c1ccccc1)C(C)C(C)(CC(O)O)c1ccccc1. The van der Waals surface area contributed by atoms with Crippen molar-refractivity contribution in [3.05, 3.63) is 71.8 Å². The lowest BCUT2D eigenvalue weighted by Gasteiger charge is -2.41. The van der Waals surface area contributed by atoms with Crippen molar-refractivity contribution < 1.29 is 10.2 Å². The summed E-state index contributed by atoms with van der Waals surface area (Å²) < 4.78 is 0. The molecule has 0 fully saturated rings. The minimum absolute atomic E-state index is 0.277. The lowest BCUT2D eigenvalue weighted by molar-refractivity contribution is -0.0661. The normalized spacial score (nSPS) is 16.8. The van der Waals surface area contributed by atoms with Gasteiger partial charge >= 0.3 is 0 Å². The third-order valence-electron chi connectivity index (χ3n) is 5.32. The molecule has 2 N–H and O–H groups in total. The molecule has 0 saturated heterocycles. The van der Waals surface area contributed by atoms with Crippen molar-refractivity contribution in [1.29, 1.82) is 0 Å². The van der Waals surface area contributed by atoms with Gasteiger partial charge in [0, 0.05) is 11.8 Å². The molecule has 0 bridgehead atoms. The highest BCUT2D eigenvalue weighted by Crippen LogP contribution is 2.44. The molecule has 2 rings (SSSR count). The summed E-state index contributed by atoms with van der Waals surface area (Å²) in [5, 5.41) is 19.4. The Labute approximate surface area is 139 Å². The van der Waals surface area contributed by atoms with Crippen molar-refractivity contribution in [2.45, 2.75) is 51.2 Å². The van der Waals surface area contributed by atoms with Crippen LogP contribution in [0.15, 0.2) is 60.7 Å². The summed E-state index contributed by atoms with van der Waals surface area (Å²) in [5.41, 5.74) is 2.18. The van der Waals surface area contributed by atoms with Crippen LogP contribution in [0, 0.1) is 5.92 Å². The lowest BCUT2D eigenvalue weighted by Crippen LogP contribution is -2.37. The monoisotopic (exact) mass is 312 g/mol. The Bertz CT molecular complexity index is 579. The molecule has 3 atom stereocenters. The van der Waals surface area contributed by atoms with E-state index in [1.165, 1.54) is 5.56 Å². The largest absolute Gasteiger partial charge is 0.368 e. The summed E-state index contributed by atoms with van der Waals surface area (Å²) in [5.74, 6) is 0.652. The first-order valence-electron chi connectivity index (χ1n) is 8.45. The van der Waals surface area contributed by atoms with Gasteiger partial charge in [0.2, 0.25) is 0 Å². The summed E-state index contributed by atoms with van der Waals surface area (Å²) in [6.07, 6.45) is 0.0485. The number of benzene rings is 2. The van der Waals surface area contributed by atoms with E-state index in [9.17, 15) is 10.2 Å². The minimum atomic E-state index is -1.31. The molecule has 0 aliphatic heterocycles. The Morgan fingerprint density at radius 2 is 1.43 bits per heavy atom. The first-order chi connectivity index (χ1) is 11.0. The van der Waals surface area contributed by atoms with Gasteiger partial charge in [0.05, 0.1) is 0 Å². The Morgan fingerprint density at radius 1 is 0.913 bits per heavy atom. The summed E-state index contributed by atoms with van der Waals surface area (Å²) in [6.45, 7) is 6.59. The second kappa shape index (κ2) is 7.76. The van der Waals surface area contributed by atoms with Gasteiger partial charge in [-0.05, 0) is 29.4 Å². The highest BCUT2D eigenvalue weighted by Gasteiger charge is 2.38. The highest BCUT2D eigenvalue weighted by atomic mass is 16.5. The molecule has 0 aliphatic rings. The average Bonchev–Trinajstić information content (AvgIpc) is 2.56. The maximum atomic E-state index is 9.68. The van der Waals surface area contributed by atoms with E-state index in [0.717, 1.165) is 12.0 Å². The fourth-order valence-corrected chi connectivity index (χ4v) is 3.79. The number of hydrogen-bond donors (Lipinski definition) is 2. The predicted molar refractivity (Wildman–Crippen MR) is 95.3 cm³/mol. The Balaban J connectivity index is 2.42. The van der Waals surface area contributed by atoms with Crippen LogP contribution in [0.1, 0.15) is 50.7 Å². The summed E-state index contributed by atoms with van der Waals surface area (Å²) in [4.78, 5) is 0. The van der Waals surface area contributed by atoms with Crippen LogP contribution >= 0.6 is 0 Å². The van der Waals surface area contributed by atoms with Gasteiger partial charge < -0.3 is 10.2 Å². The molecule has 0 aromatic heterocycles. The summed E-state index contributed by atoms with van der Waals surface area (Å²) >= 11 is 0. The number of aliphatic hydroxyl groups is 2. The average molecular weight is 312 g/mol. The van der Waals surface area contributed by atoms with Crippen molar-refractivity contribution in [3.8, 4) is 0 Å². The van der Waals surface area contributed by atoms with Gasteiger partial charge in [-0.2, -0.15) is 0 Å². The maximum absolute atomic E-state index is 9.68. The smallest absolute Gasteiger partial charge is 0.152 e. The van der Waals surface area contributed by atoms with E-state index in [-0.39, 0.29) is 11.3 Å². The van der Waals surface area contributed by atoms with Gasteiger partial charge in [-0.1, -0.05) is 81.4 Å². The van der Waals surface area contributed by atoms with Crippen LogP contribution in [-0.2, 0) is 5.41 Å². The van der Waals surface area contributed by atoms with E-state index >= 15 is 0 Å². The fraction of sp³-hybridized carbons (Fsp3) is 0.429. The van der Waals surface area contributed by atoms with Crippen LogP contribution in [0.3, 0.4) is 0 Å². The zero-order chi connectivity index (χ0) is 16.9. The molecule has 2 aromatic rings. The van der Waals surface area contributed by atoms with Crippen LogP contribution < -0.4 is 0 Å². The van der Waals surface area contributed by atoms with E-state index in [1.54, 1.807) is 0 Å². The molecule has 0 amide bonds. The van der Waals surface area contributed by atoms with Crippen molar-refractivity contribution in [3.63, 3.8) is 0 Å². The van der Waals surface area contributed by atoms with E-state index in [1.807, 2.05) is 24.3 Å². The molecule has 2 nitrogen and oxygen atoms in total. The molecule has 0 heterocycles. The standard InChI is InChI=1S/C21H28O2/c1-4-19(17-11-7-5-8-12-17)16(2)21(3,15-20(22)23)18-13-9-6-10-14-18/h5-14,16,19-20,22-23H,4,15H2,1-3H3. The molecule has 3 unspecified atom stereocenters. The first kappa shape index (κ1) is 17.7. The van der Waals surface area contributed by atoms with Crippen molar-refractivity contribution in [1.82, 2.24) is 0 Å². The van der Waals surface area contributed by atoms with Gasteiger partial charge in [-0.3, -0.25) is 0 Å². The Morgan fingerprint density at radius 3 is 1.91 bits per heavy atom. The van der Waals surface area contributed by atoms with Gasteiger partial charge in [-0.25, -0.2) is 0 Å². The molecular weight excluding hydrogens is 284 g/mol. The number of aliphatic hydroxyl groups excluding tert-OH is 1. The van der Waals surface area contributed by atoms with Crippen LogP contribution in [-0.4, -0.2) is 16.5 Å². The lowest BCUT2D eigenvalue weighted by atomic mass is 9.63. The van der Waals surface area contributed by atoms with Gasteiger partial charge in [0.1, 0.15) is 0 Å². The van der Waals surface area contributed by atoms with Crippen molar-refractivity contribution in [2.24, 2.45) is 5.92 Å². The predicted octanol–water partition coefficient (Wildman–Crippen LogP) is 4.48. The van der Waals surface area contributed by atoms with Gasteiger partial charge in [0.25, 0.3) is 0 Å². The third kappa shape index (κ3) is 4.01. The zero-order valence-electron chi connectivity index (χ0n) is 14.3. The van der Waals surface area contributed by atoms with Crippen molar-refractivity contribution >= 4 is 0 Å². The van der Waals surface area contributed by atoms with E-state index in [4.69, 9.17) is 0 Å². The molecule has 0 aliphatic carbocycles. The van der Waals surface area contributed by atoms with Crippen molar-refractivity contribution in [2.75, 3.05) is 0 Å². The quantitative estimate of drug-likeness (QED) is 0.740. The maximum Gasteiger partial charge on any atom is 0.152 e. The van der Waals surface area contributed by atoms with E-state index in [0.29, 0.717) is 12.3 Å². The second-order valence-electron chi connectivity index (χ2n) is 6.68. The minimum Gasteiger partial charge on any atom is -0.368 e. The molecular formula is C21H28O2. The summed E-state index contributed by atoms with van der Waals surface area (Å²) in [6, 6.07) is 20.8. The molecule has 0 spiro atoms. The summed E-state index contributed by atoms with van der Waals surface area (Å²) in [7, 11) is 0. The molecule has 2 heteroatoms. The van der Waals surface area contributed by atoms with Crippen LogP contribution in [0.2, 0.25) is 0 Å². The highest BCUT2D eigenvalue weighted by molar-refractivity contribution is 5.29. The Hall–Kier alpha value is -1.64. The van der Waals surface area contributed by atoms with Gasteiger partial charge in [0.15, 0.2) is 6.29 Å². The van der Waals surface area contributed by atoms with Gasteiger partial charge in [-0.15, -0.1) is 0 Å². The molecule has 0 saturated carbocycles. The van der Waals surface area contributed by atoms with Crippen LogP contribution in [0.25, 0.3) is 0 Å². The Kier molecular flexibility index (Phi) is 5.97. The molecule has 23 heavy (non-hydrogen) atoms. The van der Waals surface area contributed by atoms with E-state index < -0.39 is 6.29 Å². The van der Waals surface area contributed by atoms with E-state index in [2.05, 4.69) is 57.2 Å². The topological polar surface area (TPSA) is 40.5 Å². The van der Waals surface area contributed by atoms with Crippen LogP contribution in [0.4, 0.5) is 0 Å². The molecule has 124 valence electrons. The number of rotatable bonds is 7. The third-order valence-corrected chi connectivity index (χ3v) is 5.32. The molecule has 2 aromatic carbocycles. The molecule has 0 radical (unpaired) electrons. The van der Waals surface area contributed by atoms with Crippen LogP contribution in [0.5, 0.6) is 0 Å². The fourth-order valence-electron chi connectivity index (χ4n) is 3.79. The second-order valence-corrected chi connectivity index (χ2v) is 6.68. The first-order valence-corrected chi connectivity index (χ1v) is 8.45. The zero-order valence-corrected chi connectivity index (χ0v) is 14.3. The number of hydrogen-bond acceptors (Lipinski definition) is 2.